The summed E-state index contributed by atoms with van der Waals surface area (Å²) in [5.74, 6) is 0.783. The van der Waals surface area contributed by atoms with Gasteiger partial charge in [-0.2, -0.15) is 0 Å². The van der Waals surface area contributed by atoms with Gasteiger partial charge in [-0.25, -0.2) is 8.42 Å². The first-order chi connectivity index (χ1) is 17.3. The van der Waals surface area contributed by atoms with Crippen LogP contribution in [0.3, 0.4) is 0 Å². The number of ether oxygens (including phenoxy) is 2. The van der Waals surface area contributed by atoms with Gasteiger partial charge in [-0.1, -0.05) is 0 Å². The van der Waals surface area contributed by atoms with E-state index in [0.29, 0.717) is 4.90 Å². The summed E-state index contributed by atoms with van der Waals surface area (Å²) in [6.07, 6.45) is 7.02. The lowest BCUT2D eigenvalue weighted by Gasteiger charge is -2.38. The van der Waals surface area contributed by atoms with Crippen molar-refractivity contribution in [2.75, 3.05) is 64.2 Å². The van der Waals surface area contributed by atoms with Crippen LogP contribution in [-0.4, -0.2) is 83.7 Å². The number of thiophene rings is 1. The van der Waals surface area contributed by atoms with Gasteiger partial charge in [0.05, 0.1) is 23.1 Å². The Hall–Kier alpha value is -1.91. The molecule has 2 aromatic heterocycles. The van der Waals surface area contributed by atoms with Gasteiger partial charge in [0, 0.05) is 72.7 Å². The SMILES string of the molecule is COCCC1CCN(CC2CN(c3csc(-c4cc(S(C)(=O)=O)c(C)c5[nH]ccc45)c3)CCO2)CC1. The Morgan fingerprint density at radius 3 is 2.78 bits per heavy atom. The van der Waals surface area contributed by atoms with Gasteiger partial charge >= 0.3 is 0 Å². The van der Waals surface area contributed by atoms with Gasteiger partial charge in [-0.15, -0.1) is 11.3 Å². The predicted octanol–water partition coefficient (Wildman–Crippen LogP) is 4.56. The number of H-pyrrole nitrogens is 1. The topological polar surface area (TPSA) is 74.9 Å². The van der Waals surface area contributed by atoms with Crippen LogP contribution in [0.5, 0.6) is 0 Å². The molecule has 0 amide bonds. The second kappa shape index (κ2) is 10.8. The Morgan fingerprint density at radius 2 is 2.03 bits per heavy atom. The summed E-state index contributed by atoms with van der Waals surface area (Å²) in [6.45, 7) is 8.46. The molecule has 1 aromatic carbocycles. The fourth-order valence-electron chi connectivity index (χ4n) is 5.66. The monoisotopic (exact) mass is 531 g/mol. The van der Waals surface area contributed by atoms with Gasteiger partial charge in [0.2, 0.25) is 0 Å². The molecule has 1 unspecified atom stereocenters. The van der Waals surface area contributed by atoms with Crippen molar-refractivity contribution in [3.8, 4) is 10.4 Å². The van der Waals surface area contributed by atoms with Crippen LogP contribution < -0.4 is 4.90 Å². The van der Waals surface area contributed by atoms with E-state index in [1.54, 1.807) is 18.4 Å². The lowest BCUT2D eigenvalue weighted by atomic mass is 9.94. The number of hydrogen-bond donors (Lipinski definition) is 1. The van der Waals surface area contributed by atoms with E-state index in [9.17, 15) is 8.42 Å². The number of nitrogens with one attached hydrogen (secondary N) is 1. The summed E-state index contributed by atoms with van der Waals surface area (Å²) in [5, 5.41) is 3.25. The number of methoxy groups -OCH3 is 1. The number of anilines is 1. The number of sulfone groups is 1. The molecule has 4 heterocycles. The number of aryl methyl sites for hydroxylation is 1. The number of aromatic nitrogens is 1. The molecule has 196 valence electrons. The molecule has 2 saturated heterocycles. The van der Waals surface area contributed by atoms with Crippen LogP contribution in [0.4, 0.5) is 5.69 Å². The van der Waals surface area contributed by atoms with Gasteiger partial charge in [0.15, 0.2) is 9.84 Å². The number of nitrogens with zero attached hydrogens (tertiary/aromatic N) is 2. The van der Waals surface area contributed by atoms with E-state index in [-0.39, 0.29) is 6.10 Å². The van der Waals surface area contributed by atoms with Crippen molar-refractivity contribution < 1.29 is 17.9 Å². The van der Waals surface area contributed by atoms with Crippen LogP contribution >= 0.6 is 11.3 Å². The third-order valence-corrected chi connectivity index (χ3v) is 9.88. The van der Waals surface area contributed by atoms with Crippen LogP contribution in [0.2, 0.25) is 0 Å². The van der Waals surface area contributed by atoms with E-state index >= 15 is 0 Å². The minimum Gasteiger partial charge on any atom is -0.385 e. The third kappa shape index (κ3) is 5.50. The minimum absolute atomic E-state index is 0.199. The molecule has 0 radical (unpaired) electrons. The van der Waals surface area contributed by atoms with Crippen molar-refractivity contribution in [2.45, 2.75) is 37.2 Å². The summed E-state index contributed by atoms with van der Waals surface area (Å²) < 4.78 is 36.4. The standard InChI is InChI=1S/C27H37N3O4S2/c1-19-26(36(3,31)32)15-24(23-4-8-28-27(19)23)25-14-21(18-35-25)30-11-13-34-22(17-30)16-29-9-5-20(6-10-29)7-12-33-2/h4,8,14-15,18,20,22,28H,5-7,9-13,16-17H2,1-3H3. The second-order valence-electron chi connectivity index (χ2n) is 10.2. The highest BCUT2D eigenvalue weighted by Gasteiger charge is 2.27. The van der Waals surface area contributed by atoms with Crippen molar-refractivity contribution in [2.24, 2.45) is 5.92 Å². The largest absolute Gasteiger partial charge is 0.385 e. The summed E-state index contributed by atoms with van der Waals surface area (Å²) in [6, 6.07) is 6.08. The first-order valence-electron chi connectivity index (χ1n) is 12.8. The van der Waals surface area contributed by atoms with Crippen LogP contribution in [0.15, 0.2) is 34.7 Å². The molecular formula is C27H37N3O4S2. The first kappa shape index (κ1) is 25.7. The van der Waals surface area contributed by atoms with Crippen LogP contribution in [-0.2, 0) is 19.3 Å². The lowest BCUT2D eigenvalue weighted by molar-refractivity contribution is 0.00759. The molecule has 0 bridgehead atoms. The summed E-state index contributed by atoms with van der Waals surface area (Å²) in [4.78, 5) is 9.68. The van der Waals surface area contributed by atoms with E-state index in [1.807, 2.05) is 25.3 Å². The van der Waals surface area contributed by atoms with Gasteiger partial charge in [-0.05, 0) is 69.0 Å². The number of likely N-dealkylation sites (tertiary alicyclic amines) is 1. The van der Waals surface area contributed by atoms with Crippen LogP contribution in [0.25, 0.3) is 21.3 Å². The molecule has 1 atom stereocenters. The number of fused-ring (bicyclic) bond motifs is 1. The average molecular weight is 532 g/mol. The summed E-state index contributed by atoms with van der Waals surface area (Å²) in [7, 11) is -1.55. The van der Waals surface area contributed by atoms with Gasteiger partial charge < -0.3 is 24.3 Å². The van der Waals surface area contributed by atoms with Crippen LogP contribution in [0.1, 0.15) is 24.8 Å². The fourth-order valence-corrected chi connectivity index (χ4v) is 7.60. The zero-order valence-corrected chi connectivity index (χ0v) is 23.1. The Bertz CT molecular complexity index is 1290. The maximum Gasteiger partial charge on any atom is 0.175 e. The first-order valence-corrected chi connectivity index (χ1v) is 15.6. The number of piperidine rings is 1. The zero-order valence-electron chi connectivity index (χ0n) is 21.5. The van der Waals surface area contributed by atoms with Crippen molar-refractivity contribution in [3.63, 3.8) is 0 Å². The Labute approximate surface area is 218 Å². The lowest BCUT2D eigenvalue weighted by Crippen LogP contribution is -2.49. The Balaban J connectivity index is 1.28. The molecule has 9 heteroatoms. The highest BCUT2D eigenvalue weighted by molar-refractivity contribution is 7.90. The van der Waals surface area contributed by atoms with Crippen molar-refractivity contribution in [1.29, 1.82) is 0 Å². The van der Waals surface area contributed by atoms with E-state index in [4.69, 9.17) is 9.47 Å². The van der Waals surface area contributed by atoms with E-state index < -0.39 is 9.84 Å². The molecule has 0 aliphatic carbocycles. The molecule has 0 spiro atoms. The number of benzene rings is 1. The predicted molar refractivity (Wildman–Crippen MR) is 147 cm³/mol. The van der Waals surface area contributed by atoms with Crippen molar-refractivity contribution >= 4 is 37.8 Å². The van der Waals surface area contributed by atoms with E-state index in [1.165, 1.54) is 31.2 Å². The number of rotatable bonds is 8. The molecular weight excluding hydrogens is 494 g/mol. The van der Waals surface area contributed by atoms with Crippen molar-refractivity contribution in [1.82, 2.24) is 9.88 Å². The van der Waals surface area contributed by atoms with E-state index in [2.05, 4.69) is 26.2 Å². The smallest absolute Gasteiger partial charge is 0.175 e. The minimum atomic E-state index is -3.33. The summed E-state index contributed by atoms with van der Waals surface area (Å²) >= 11 is 1.67. The molecule has 5 rings (SSSR count). The number of morpholine rings is 1. The number of hydrogen-bond acceptors (Lipinski definition) is 7. The Kier molecular flexibility index (Phi) is 7.74. The number of aromatic amines is 1. The average Bonchev–Trinajstić information content (AvgIpc) is 3.54. The molecule has 1 N–H and O–H groups in total. The maximum absolute atomic E-state index is 12.5. The summed E-state index contributed by atoms with van der Waals surface area (Å²) in [5.41, 5.74) is 3.82. The van der Waals surface area contributed by atoms with Gasteiger partial charge in [-0.3, -0.25) is 0 Å². The highest BCUT2D eigenvalue weighted by atomic mass is 32.2. The quantitative estimate of drug-likeness (QED) is 0.459. The Morgan fingerprint density at radius 1 is 1.22 bits per heavy atom. The molecule has 2 fully saturated rings. The molecule has 36 heavy (non-hydrogen) atoms. The normalized spacial score (nSPS) is 20.4. The molecule has 2 aliphatic heterocycles. The van der Waals surface area contributed by atoms with Crippen molar-refractivity contribution in [3.05, 3.63) is 35.3 Å². The van der Waals surface area contributed by atoms with Gasteiger partial charge in [0.25, 0.3) is 0 Å². The third-order valence-electron chi connectivity index (χ3n) is 7.71. The van der Waals surface area contributed by atoms with E-state index in [0.717, 1.165) is 78.8 Å². The zero-order chi connectivity index (χ0) is 25.3. The second-order valence-corrected chi connectivity index (χ2v) is 13.1. The molecule has 7 nitrogen and oxygen atoms in total. The fraction of sp³-hybridized carbons (Fsp3) is 0.556. The molecule has 2 aliphatic rings. The molecule has 3 aromatic rings. The van der Waals surface area contributed by atoms with Gasteiger partial charge in [0.1, 0.15) is 0 Å². The molecule has 0 saturated carbocycles. The van der Waals surface area contributed by atoms with Crippen LogP contribution in [0, 0.1) is 12.8 Å². The maximum atomic E-state index is 12.5. The highest BCUT2D eigenvalue weighted by Crippen LogP contribution is 2.39.